The predicted octanol–water partition coefficient (Wildman–Crippen LogP) is 2.18. The highest BCUT2D eigenvalue weighted by molar-refractivity contribution is 5.74. The Morgan fingerprint density at radius 2 is 2.16 bits per heavy atom. The van der Waals surface area contributed by atoms with E-state index in [9.17, 15) is 9.90 Å². The van der Waals surface area contributed by atoms with Crippen molar-refractivity contribution in [2.45, 2.75) is 31.6 Å². The lowest BCUT2D eigenvalue weighted by atomic mass is 10.0. The summed E-state index contributed by atoms with van der Waals surface area (Å²) in [5.74, 6) is -0.965. The van der Waals surface area contributed by atoms with Crippen LogP contribution < -0.4 is 0 Å². The molecule has 0 saturated heterocycles. The number of nitrogens with zero attached hydrogens (tertiary/aromatic N) is 3. The van der Waals surface area contributed by atoms with Gasteiger partial charge in [0.25, 0.3) is 0 Å². The molecule has 0 bridgehead atoms. The summed E-state index contributed by atoms with van der Waals surface area (Å²) in [6, 6.07) is 8.63. The molecule has 6 nitrogen and oxygen atoms in total. The van der Waals surface area contributed by atoms with E-state index < -0.39 is 24.0 Å². The minimum Gasteiger partial charge on any atom is -0.461 e. The first-order valence-electron chi connectivity index (χ1n) is 6.15. The zero-order chi connectivity index (χ0) is 13.7. The van der Waals surface area contributed by atoms with Crippen LogP contribution in [0.1, 0.15) is 18.4 Å². The quantitative estimate of drug-likeness (QED) is 0.389. The Labute approximate surface area is 110 Å². The third-order valence-electron chi connectivity index (χ3n) is 3.29. The molecule has 0 amide bonds. The van der Waals surface area contributed by atoms with E-state index in [4.69, 9.17) is 10.3 Å². The van der Waals surface area contributed by atoms with Crippen LogP contribution in [0.5, 0.6) is 0 Å². The lowest BCUT2D eigenvalue weighted by Gasteiger charge is -2.15. The standard InChI is InChI=1S/C13H15N3O3/c14-16-15-12-10(6-7-11(12)17)13(18)19-8-9-4-2-1-3-5-9/h1-5,10-12,17H,6-8H2/t10-,11-,12-/m0/s1. The fraction of sp³-hybridized carbons (Fsp3) is 0.462. The van der Waals surface area contributed by atoms with Gasteiger partial charge in [-0.25, -0.2) is 0 Å². The van der Waals surface area contributed by atoms with Gasteiger partial charge in [-0.3, -0.25) is 4.79 Å². The van der Waals surface area contributed by atoms with E-state index in [1.807, 2.05) is 30.3 Å². The fourth-order valence-corrected chi connectivity index (χ4v) is 2.27. The van der Waals surface area contributed by atoms with Crippen LogP contribution in [0.2, 0.25) is 0 Å². The van der Waals surface area contributed by atoms with Crippen LogP contribution in [0, 0.1) is 5.92 Å². The van der Waals surface area contributed by atoms with Crippen molar-refractivity contribution in [3.8, 4) is 0 Å². The van der Waals surface area contributed by atoms with Crippen molar-refractivity contribution < 1.29 is 14.6 Å². The smallest absolute Gasteiger partial charge is 0.309 e. The van der Waals surface area contributed by atoms with Crippen LogP contribution in [-0.2, 0) is 16.1 Å². The molecule has 1 fully saturated rings. The van der Waals surface area contributed by atoms with Gasteiger partial charge in [0.2, 0.25) is 0 Å². The molecular weight excluding hydrogens is 246 g/mol. The van der Waals surface area contributed by atoms with E-state index in [1.54, 1.807) is 0 Å². The van der Waals surface area contributed by atoms with E-state index in [0.717, 1.165) is 5.56 Å². The Morgan fingerprint density at radius 1 is 1.42 bits per heavy atom. The van der Waals surface area contributed by atoms with Gasteiger partial charge in [0, 0.05) is 4.91 Å². The number of ether oxygens (including phenoxy) is 1. The summed E-state index contributed by atoms with van der Waals surface area (Å²) in [5, 5.41) is 13.1. The molecule has 2 rings (SSSR count). The minimum atomic E-state index is -0.759. The van der Waals surface area contributed by atoms with Gasteiger partial charge in [0.05, 0.1) is 18.1 Å². The Balaban J connectivity index is 1.94. The summed E-state index contributed by atoms with van der Waals surface area (Å²) in [5.41, 5.74) is 9.34. The molecule has 19 heavy (non-hydrogen) atoms. The van der Waals surface area contributed by atoms with Crippen LogP contribution in [0.3, 0.4) is 0 Å². The van der Waals surface area contributed by atoms with Crippen LogP contribution in [0.25, 0.3) is 10.4 Å². The highest BCUT2D eigenvalue weighted by Crippen LogP contribution is 2.30. The molecule has 1 aliphatic rings. The van der Waals surface area contributed by atoms with Crippen molar-refractivity contribution in [3.05, 3.63) is 46.3 Å². The summed E-state index contributed by atoms with van der Waals surface area (Å²) in [7, 11) is 0. The molecular formula is C13H15N3O3. The fourth-order valence-electron chi connectivity index (χ4n) is 2.27. The number of aliphatic hydroxyl groups is 1. The first kappa shape index (κ1) is 13.4. The van der Waals surface area contributed by atoms with Gasteiger partial charge >= 0.3 is 5.97 Å². The third-order valence-corrected chi connectivity index (χ3v) is 3.29. The van der Waals surface area contributed by atoms with Gasteiger partial charge < -0.3 is 9.84 Å². The third kappa shape index (κ3) is 3.24. The van der Waals surface area contributed by atoms with Crippen LogP contribution in [0.4, 0.5) is 0 Å². The molecule has 0 aromatic heterocycles. The lowest BCUT2D eigenvalue weighted by molar-refractivity contribution is -0.150. The second-order valence-electron chi connectivity index (χ2n) is 4.54. The number of carbonyl (C=O) groups excluding carboxylic acids is 1. The molecule has 0 spiro atoms. The Kier molecular flexibility index (Phi) is 4.39. The number of aliphatic hydroxyl groups excluding tert-OH is 1. The van der Waals surface area contributed by atoms with Crippen LogP contribution in [0.15, 0.2) is 35.4 Å². The van der Waals surface area contributed by atoms with E-state index in [-0.39, 0.29) is 6.61 Å². The van der Waals surface area contributed by atoms with Crippen molar-refractivity contribution in [2.24, 2.45) is 11.0 Å². The van der Waals surface area contributed by atoms with Gasteiger partial charge in [-0.1, -0.05) is 35.4 Å². The van der Waals surface area contributed by atoms with Crippen LogP contribution >= 0.6 is 0 Å². The molecule has 1 aromatic rings. The first-order chi connectivity index (χ1) is 9.22. The largest absolute Gasteiger partial charge is 0.461 e. The maximum atomic E-state index is 11.9. The summed E-state index contributed by atoms with van der Waals surface area (Å²) >= 11 is 0. The number of rotatable bonds is 4. The topological polar surface area (TPSA) is 95.3 Å². The highest BCUT2D eigenvalue weighted by atomic mass is 16.5. The summed E-state index contributed by atoms with van der Waals surface area (Å²) in [6.45, 7) is 0.190. The van der Waals surface area contributed by atoms with Gasteiger partial charge in [0.1, 0.15) is 6.61 Å². The average Bonchev–Trinajstić information content (AvgIpc) is 2.80. The summed E-state index contributed by atoms with van der Waals surface area (Å²) < 4.78 is 5.20. The first-order valence-corrected chi connectivity index (χ1v) is 6.15. The molecule has 0 radical (unpaired) electrons. The molecule has 3 atom stereocenters. The molecule has 1 aromatic carbocycles. The number of benzene rings is 1. The zero-order valence-corrected chi connectivity index (χ0v) is 10.3. The Hall–Kier alpha value is -2.04. The second-order valence-corrected chi connectivity index (χ2v) is 4.54. The molecule has 0 aliphatic heterocycles. The van der Waals surface area contributed by atoms with Crippen molar-refractivity contribution in [1.29, 1.82) is 0 Å². The van der Waals surface area contributed by atoms with Gasteiger partial charge in [-0.2, -0.15) is 0 Å². The zero-order valence-electron chi connectivity index (χ0n) is 10.3. The maximum Gasteiger partial charge on any atom is 0.309 e. The van der Waals surface area contributed by atoms with Crippen molar-refractivity contribution in [3.63, 3.8) is 0 Å². The number of hydrogen-bond acceptors (Lipinski definition) is 4. The van der Waals surface area contributed by atoms with Crippen molar-refractivity contribution >= 4 is 5.97 Å². The molecule has 1 saturated carbocycles. The summed E-state index contributed by atoms with van der Waals surface area (Å²) in [6.07, 6.45) is 0.179. The van der Waals surface area contributed by atoms with Gasteiger partial charge in [0.15, 0.2) is 0 Å². The highest BCUT2D eigenvalue weighted by Gasteiger charge is 2.39. The monoisotopic (exact) mass is 261 g/mol. The van der Waals surface area contributed by atoms with Crippen molar-refractivity contribution in [2.75, 3.05) is 0 Å². The SMILES string of the molecule is [N-]=[N+]=N[C@H]1[C@@H](C(=O)OCc2ccccc2)CC[C@@H]1O. The normalized spacial score (nSPS) is 25.6. The van der Waals surface area contributed by atoms with Crippen LogP contribution in [-0.4, -0.2) is 23.2 Å². The molecule has 6 heteroatoms. The number of carbonyl (C=O) groups is 1. The molecule has 0 unspecified atom stereocenters. The Morgan fingerprint density at radius 3 is 2.84 bits per heavy atom. The molecule has 0 heterocycles. The van der Waals surface area contributed by atoms with Gasteiger partial charge in [-0.05, 0) is 23.9 Å². The molecule has 1 N–H and O–H groups in total. The maximum absolute atomic E-state index is 11.9. The van der Waals surface area contributed by atoms with E-state index in [0.29, 0.717) is 12.8 Å². The minimum absolute atomic E-state index is 0.190. The molecule has 1 aliphatic carbocycles. The average molecular weight is 261 g/mol. The number of esters is 1. The lowest BCUT2D eigenvalue weighted by Crippen LogP contribution is -2.29. The predicted molar refractivity (Wildman–Crippen MR) is 67.9 cm³/mol. The number of hydrogen-bond donors (Lipinski definition) is 1. The van der Waals surface area contributed by atoms with Crippen molar-refractivity contribution in [1.82, 2.24) is 0 Å². The summed E-state index contributed by atoms with van der Waals surface area (Å²) in [4.78, 5) is 14.6. The second kappa shape index (κ2) is 6.22. The molecule has 100 valence electrons. The number of azide groups is 1. The van der Waals surface area contributed by atoms with E-state index in [2.05, 4.69) is 10.0 Å². The Bertz CT molecular complexity index is 485. The van der Waals surface area contributed by atoms with E-state index >= 15 is 0 Å². The van der Waals surface area contributed by atoms with Gasteiger partial charge in [-0.15, -0.1) is 0 Å². The van der Waals surface area contributed by atoms with E-state index in [1.165, 1.54) is 0 Å².